The Hall–Kier alpha value is -4.11. The van der Waals surface area contributed by atoms with Crippen LogP contribution in [0.5, 0.6) is 0 Å². The molecule has 2 rings (SSSR count). The molecule has 6 N–H and O–H groups in total. The molecule has 2 atom stereocenters. The van der Waals surface area contributed by atoms with Crippen molar-refractivity contribution in [2.75, 3.05) is 13.1 Å². The summed E-state index contributed by atoms with van der Waals surface area (Å²) < 4.78 is 1.18. The number of Topliss-reactive ketones (excluding diaryl/α,β-unsaturated/α-hetero) is 1. The van der Waals surface area contributed by atoms with E-state index in [2.05, 4.69) is 53.1 Å². The second kappa shape index (κ2) is 20.8. The number of carbonyl (C=O) groups excluding carboxylic acids is 5. The number of halogens is 2. The highest BCUT2D eigenvalue weighted by Crippen LogP contribution is 2.20. The smallest absolute Gasteiger partial charge is 0.305 e. The van der Waals surface area contributed by atoms with Gasteiger partial charge in [-0.3, -0.25) is 33.6 Å². The monoisotopic (exact) mass is 768 g/mol. The second-order valence-electron chi connectivity index (χ2n) is 10.4. The van der Waals surface area contributed by atoms with Crippen molar-refractivity contribution >= 4 is 73.2 Å². The molecule has 0 saturated carbocycles. The van der Waals surface area contributed by atoms with Crippen LogP contribution in [0.2, 0.25) is 0 Å². The van der Waals surface area contributed by atoms with E-state index in [4.69, 9.17) is 9.90 Å². The highest BCUT2D eigenvalue weighted by molar-refractivity contribution is 9.11. The summed E-state index contributed by atoms with van der Waals surface area (Å²) >= 11 is 6.52. The Balaban J connectivity index is 0.00000249. The number of carbonyl (C=O) groups is 7. The van der Waals surface area contributed by atoms with Gasteiger partial charge in [0, 0.05) is 27.9 Å². The molecule has 0 aliphatic carbocycles. The van der Waals surface area contributed by atoms with Gasteiger partial charge in [-0.1, -0.05) is 76.0 Å². The van der Waals surface area contributed by atoms with Crippen molar-refractivity contribution in [1.82, 2.24) is 21.3 Å². The van der Waals surface area contributed by atoms with Crippen molar-refractivity contribution < 1.29 is 43.8 Å². The number of benzene rings is 2. The normalized spacial score (nSPS) is 11.6. The lowest BCUT2D eigenvalue weighted by Gasteiger charge is -2.22. The van der Waals surface area contributed by atoms with Gasteiger partial charge in [0.05, 0.1) is 19.5 Å². The molecule has 46 heavy (non-hydrogen) atoms. The topological polar surface area (TPSA) is 208 Å². The number of aliphatic carboxylic acids is 2. The van der Waals surface area contributed by atoms with Crippen LogP contribution in [0.1, 0.15) is 56.0 Å². The van der Waals surface area contributed by atoms with E-state index in [1.165, 1.54) is 12.1 Å². The van der Waals surface area contributed by atoms with Crippen LogP contribution in [0.25, 0.3) is 0 Å². The molecule has 0 heterocycles. The Morgan fingerprint density at radius 2 is 1.37 bits per heavy atom. The molecule has 0 aliphatic rings. The van der Waals surface area contributed by atoms with E-state index < -0.39 is 60.6 Å². The molecule has 0 radical (unpaired) electrons. The van der Waals surface area contributed by atoms with Gasteiger partial charge in [0.15, 0.2) is 5.78 Å². The lowest BCUT2D eigenvalue weighted by atomic mass is 10.0. The lowest BCUT2D eigenvalue weighted by Crippen LogP contribution is -2.54. The lowest BCUT2D eigenvalue weighted by molar-refractivity contribution is -0.140. The van der Waals surface area contributed by atoms with E-state index in [-0.39, 0.29) is 23.8 Å². The molecule has 1 unspecified atom stereocenters. The Bertz CT molecular complexity index is 1360. The van der Waals surface area contributed by atoms with Crippen LogP contribution in [-0.4, -0.2) is 76.7 Å². The number of ketones is 1. The first-order valence-electron chi connectivity index (χ1n) is 14.2. The van der Waals surface area contributed by atoms with Crippen molar-refractivity contribution in [2.24, 2.45) is 5.92 Å². The van der Waals surface area contributed by atoms with Crippen LogP contribution in [0, 0.1) is 5.92 Å². The first-order chi connectivity index (χ1) is 21.6. The molecule has 0 spiro atoms. The molecular formula is C31H38Br2N4O9. The van der Waals surface area contributed by atoms with E-state index in [0.29, 0.717) is 21.8 Å². The van der Waals surface area contributed by atoms with Gasteiger partial charge in [0.1, 0.15) is 12.1 Å². The largest absolute Gasteiger partial charge is 0.481 e. The Kier molecular flexibility index (Phi) is 18.1. The molecule has 0 saturated heterocycles. The predicted molar refractivity (Wildman–Crippen MR) is 176 cm³/mol. The molecule has 2 aromatic rings. The number of hydrogen-bond donors (Lipinski definition) is 6. The summed E-state index contributed by atoms with van der Waals surface area (Å²) in [7, 11) is 0. The molecule has 0 bridgehead atoms. The quantitative estimate of drug-likeness (QED) is 0.148. The third-order valence-corrected chi connectivity index (χ3v) is 6.95. The van der Waals surface area contributed by atoms with Gasteiger partial charge >= 0.3 is 5.97 Å². The van der Waals surface area contributed by atoms with E-state index >= 15 is 0 Å². The van der Waals surface area contributed by atoms with Gasteiger partial charge < -0.3 is 31.5 Å². The third kappa shape index (κ3) is 16.8. The average Bonchev–Trinajstić information content (AvgIpc) is 2.96. The Labute approximate surface area is 283 Å². The van der Waals surface area contributed by atoms with Gasteiger partial charge in [-0.25, -0.2) is 0 Å². The van der Waals surface area contributed by atoms with E-state index in [1.54, 1.807) is 19.9 Å². The number of carboxylic acid groups (broad SMARTS) is 2. The van der Waals surface area contributed by atoms with E-state index in [0.717, 1.165) is 18.9 Å². The predicted octanol–water partition coefficient (Wildman–Crippen LogP) is 2.84. The van der Waals surface area contributed by atoms with E-state index in [9.17, 15) is 33.9 Å². The molecule has 13 nitrogen and oxygen atoms in total. The van der Waals surface area contributed by atoms with Crippen molar-refractivity contribution in [1.29, 1.82) is 0 Å². The number of amides is 4. The van der Waals surface area contributed by atoms with Crippen LogP contribution in [0.4, 0.5) is 0 Å². The molecule has 15 heteroatoms. The molecular weight excluding hydrogens is 732 g/mol. The van der Waals surface area contributed by atoms with Gasteiger partial charge in [-0.15, -0.1) is 0 Å². The number of hydrogen-bond acceptors (Lipinski definition) is 7. The maximum atomic E-state index is 12.7. The Morgan fingerprint density at radius 3 is 1.91 bits per heavy atom. The molecule has 0 aliphatic heterocycles. The van der Waals surface area contributed by atoms with Gasteiger partial charge in [0.2, 0.25) is 17.7 Å². The van der Waals surface area contributed by atoms with Crippen molar-refractivity contribution in [2.45, 2.75) is 58.5 Å². The zero-order chi connectivity index (χ0) is 34.8. The number of nitrogens with one attached hydrogen (secondary N) is 4. The van der Waals surface area contributed by atoms with Gasteiger partial charge in [-0.05, 0) is 42.5 Å². The van der Waals surface area contributed by atoms with E-state index in [1.807, 2.05) is 30.3 Å². The van der Waals surface area contributed by atoms with Crippen LogP contribution >= 0.6 is 31.9 Å². The fourth-order valence-electron chi connectivity index (χ4n) is 3.88. The summed E-state index contributed by atoms with van der Waals surface area (Å²) in [5, 5.41) is 26.4. The summed E-state index contributed by atoms with van der Waals surface area (Å²) in [6, 6.07) is 12.0. The molecule has 250 valence electrons. The minimum Gasteiger partial charge on any atom is -0.481 e. The highest BCUT2D eigenvalue weighted by Gasteiger charge is 2.27. The Morgan fingerprint density at radius 1 is 0.804 bits per heavy atom. The van der Waals surface area contributed by atoms with Gasteiger partial charge in [-0.2, -0.15) is 0 Å². The summed E-state index contributed by atoms with van der Waals surface area (Å²) in [6.07, 6.45) is 0.972. The van der Waals surface area contributed by atoms with Crippen LogP contribution in [0.15, 0.2) is 57.5 Å². The van der Waals surface area contributed by atoms with Crippen molar-refractivity contribution in [3.8, 4) is 0 Å². The minimum absolute atomic E-state index is 0.137. The standard InChI is InChI=1S/C29H34Br2N4O7.C2H4O2/c1-17(2)26(29(42)32-15-22(36)10-6-9-18-7-4-3-5-8-18)35-24(37)16-33-28(41)23(14-25(38)39)34-27(40)19-11-20(30)13-21(31)12-19;1-2(3)4/h3-5,7-8,11-13,17,23,26H,6,9-10,14-16H2,1-2H3,(H,32,42)(H,33,41)(H,34,40)(H,35,37)(H,38,39);1H3,(H,3,4)/t23-,26?;/m0./s1. The average molecular weight is 770 g/mol. The number of rotatable bonds is 16. The molecule has 4 amide bonds. The fraction of sp³-hybridized carbons (Fsp3) is 0.387. The van der Waals surface area contributed by atoms with Crippen molar-refractivity contribution in [3.05, 3.63) is 68.6 Å². The summed E-state index contributed by atoms with van der Waals surface area (Å²) in [5.74, 6) is -5.46. The van der Waals surface area contributed by atoms with Crippen LogP contribution < -0.4 is 21.3 Å². The maximum absolute atomic E-state index is 12.7. The first kappa shape index (κ1) is 39.9. The fourth-order valence-corrected chi connectivity index (χ4v) is 5.17. The highest BCUT2D eigenvalue weighted by atomic mass is 79.9. The SMILES string of the molecule is CC(=O)O.CC(C)C(NC(=O)CNC(=O)[C@H](CC(=O)O)NC(=O)c1cc(Br)cc(Br)c1)C(=O)NCC(=O)CCCc1ccccc1. The summed E-state index contributed by atoms with van der Waals surface area (Å²) in [4.78, 5) is 83.1. The third-order valence-electron chi connectivity index (χ3n) is 6.04. The zero-order valence-corrected chi connectivity index (χ0v) is 28.8. The molecule has 0 fully saturated rings. The molecule has 0 aromatic heterocycles. The second-order valence-corrected chi connectivity index (χ2v) is 12.2. The first-order valence-corrected chi connectivity index (χ1v) is 15.8. The van der Waals surface area contributed by atoms with Crippen LogP contribution in [-0.2, 0) is 35.2 Å². The minimum atomic E-state index is -1.46. The van der Waals surface area contributed by atoms with Crippen LogP contribution in [0.3, 0.4) is 0 Å². The number of aryl methyl sites for hydroxylation is 1. The molecule has 2 aromatic carbocycles. The number of carboxylic acids is 2. The van der Waals surface area contributed by atoms with Gasteiger partial charge in [0.25, 0.3) is 11.9 Å². The summed E-state index contributed by atoms with van der Waals surface area (Å²) in [5.41, 5.74) is 1.30. The maximum Gasteiger partial charge on any atom is 0.305 e. The zero-order valence-electron chi connectivity index (χ0n) is 25.6. The summed E-state index contributed by atoms with van der Waals surface area (Å²) in [6.45, 7) is 3.77. The van der Waals surface area contributed by atoms with Crippen molar-refractivity contribution in [3.63, 3.8) is 0 Å².